The maximum Gasteiger partial charge on any atom is 0.240 e. The molecule has 0 aromatic rings. The first-order valence-electron chi connectivity index (χ1n) is 6.14. The van der Waals surface area contributed by atoms with Crippen molar-refractivity contribution < 1.29 is 9.59 Å². The van der Waals surface area contributed by atoms with Crippen molar-refractivity contribution >= 4 is 11.8 Å². The van der Waals surface area contributed by atoms with Crippen LogP contribution in [0.3, 0.4) is 0 Å². The maximum absolute atomic E-state index is 12.0. The Balaban J connectivity index is 4.65. The largest absolute Gasteiger partial charge is 0.368 e. The molecule has 2 amide bonds. The van der Waals surface area contributed by atoms with Crippen molar-refractivity contribution in [2.45, 2.75) is 52.1 Å². The molecule has 0 aliphatic rings. The lowest BCUT2D eigenvalue weighted by Gasteiger charge is -2.29. The summed E-state index contributed by atoms with van der Waals surface area (Å²) in [6.45, 7) is 5.78. The third-order valence-corrected chi connectivity index (χ3v) is 2.98. The molecule has 17 heavy (non-hydrogen) atoms. The molecular formula is C12H25N3O2. The van der Waals surface area contributed by atoms with Crippen LogP contribution in [-0.2, 0) is 9.59 Å². The molecule has 0 spiro atoms. The van der Waals surface area contributed by atoms with E-state index in [4.69, 9.17) is 11.5 Å². The van der Waals surface area contributed by atoms with Crippen LogP contribution in [0.25, 0.3) is 0 Å². The zero-order valence-electron chi connectivity index (χ0n) is 11.3. The number of likely N-dealkylation sites (N-methyl/N-ethyl adjacent to an activating group) is 1. The fourth-order valence-corrected chi connectivity index (χ4v) is 1.60. The SMILES string of the molecule is CCCC[C@@H](C(N)=O)N(C)C(=O)[C@@H](N)C(C)C. The van der Waals surface area contributed by atoms with Crippen LogP contribution < -0.4 is 11.5 Å². The Labute approximate surface area is 104 Å². The molecule has 0 heterocycles. The van der Waals surface area contributed by atoms with Crippen LogP contribution in [0, 0.1) is 5.92 Å². The molecule has 100 valence electrons. The van der Waals surface area contributed by atoms with E-state index in [1.165, 1.54) is 4.90 Å². The first-order chi connectivity index (χ1) is 7.82. The molecular weight excluding hydrogens is 218 g/mol. The normalized spacial score (nSPS) is 14.5. The number of hydrogen-bond donors (Lipinski definition) is 2. The number of primary amides is 1. The summed E-state index contributed by atoms with van der Waals surface area (Å²) in [6, 6.07) is -1.13. The highest BCUT2D eigenvalue weighted by Gasteiger charge is 2.28. The first-order valence-corrected chi connectivity index (χ1v) is 6.14. The van der Waals surface area contributed by atoms with Crippen molar-refractivity contribution in [3.05, 3.63) is 0 Å². The third kappa shape index (κ3) is 4.73. The molecule has 0 saturated carbocycles. The summed E-state index contributed by atoms with van der Waals surface area (Å²) in [6.07, 6.45) is 2.42. The van der Waals surface area contributed by atoms with E-state index in [1.807, 2.05) is 20.8 Å². The third-order valence-electron chi connectivity index (χ3n) is 2.98. The lowest BCUT2D eigenvalue weighted by Crippen LogP contribution is -2.52. The molecule has 0 aliphatic heterocycles. The average molecular weight is 243 g/mol. The van der Waals surface area contributed by atoms with E-state index in [9.17, 15) is 9.59 Å². The summed E-state index contributed by atoms with van der Waals surface area (Å²) >= 11 is 0. The van der Waals surface area contributed by atoms with E-state index in [2.05, 4.69) is 0 Å². The minimum Gasteiger partial charge on any atom is -0.368 e. The minimum absolute atomic E-state index is 0.0460. The van der Waals surface area contributed by atoms with Crippen molar-refractivity contribution in [2.75, 3.05) is 7.05 Å². The Hall–Kier alpha value is -1.10. The number of unbranched alkanes of at least 4 members (excludes halogenated alkanes) is 1. The van der Waals surface area contributed by atoms with Crippen molar-refractivity contribution in [1.82, 2.24) is 4.90 Å². The van der Waals surface area contributed by atoms with Gasteiger partial charge in [0.2, 0.25) is 11.8 Å². The van der Waals surface area contributed by atoms with Gasteiger partial charge in [-0.3, -0.25) is 9.59 Å². The fraction of sp³-hybridized carbons (Fsp3) is 0.833. The molecule has 0 bridgehead atoms. The van der Waals surface area contributed by atoms with Crippen LogP contribution in [0.2, 0.25) is 0 Å². The second-order valence-corrected chi connectivity index (χ2v) is 4.78. The van der Waals surface area contributed by atoms with Crippen molar-refractivity contribution in [3.63, 3.8) is 0 Å². The second kappa shape index (κ2) is 7.27. The van der Waals surface area contributed by atoms with Crippen LogP contribution >= 0.6 is 0 Å². The summed E-state index contributed by atoms with van der Waals surface area (Å²) in [5.41, 5.74) is 11.1. The smallest absolute Gasteiger partial charge is 0.240 e. The van der Waals surface area contributed by atoms with Gasteiger partial charge in [-0.05, 0) is 12.3 Å². The lowest BCUT2D eigenvalue weighted by molar-refractivity contribution is -0.139. The molecule has 0 saturated heterocycles. The molecule has 0 aromatic heterocycles. The van der Waals surface area contributed by atoms with Gasteiger partial charge in [-0.1, -0.05) is 33.6 Å². The van der Waals surface area contributed by atoms with Crippen LogP contribution in [0.5, 0.6) is 0 Å². The number of rotatable bonds is 7. The molecule has 2 atom stereocenters. The van der Waals surface area contributed by atoms with Gasteiger partial charge >= 0.3 is 0 Å². The lowest BCUT2D eigenvalue weighted by atomic mass is 10.0. The topological polar surface area (TPSA) is 89.4 Å². The van der Waals surface area contributed by atoms with E-state index < -0.39 is 18.0 Å². The number of amides is 2. The van der Waals surface area contributed by atoms with Gasteiger partial charge in [-0.15, -0.1) is 0 Å². The van der Waals surface area contributed by atoms with Crippen molar-refractivity contribution in [2.24, 2.45) is 17.4 Å². The number of hydrogen-bond acceptors (Lipinski definition) is 3. The van der Waals surface area contributed by atoms with Gasteiger partial charge in [-0.2, -0.15) is 0 Å². The van der Waals surface area contributed by atoms with Crippen LogP contribution in [0.15, 0.2) is 0 Å². The fourth-order valence-electron chi connectivity index (χ4n) is 1.60. The summed E-state index contributed by atoms with van der Waals surface area (Å²) in [5, 5.41) is 0. The monoisotopic (exact) mass is 243 g/mol. The molecule has 5 nitrogen and oxygen atoms in total. The average Bonchev–Trinajstić information content (AvgIpc) is 2.26. The Morgan fingerprint density at radius 3 is 2.18 bits per heavy atom. The van der Waals surface area contributed by atoms with E-state index >= 15 is 0 Å². The Kier molecular flexibility index (Phi) is 6.80. The van der Waals surface area contributed by atoms with Gasteiger partial charge in [0, 0.05) is 7.05 Å². The predicted molar refractivity (Wildman–Crippen MR) is 68.1 cm³/mol. The Morgan fingerprint density at radius 1 is 1.29 bits per heavy atom. The van der Waals surface area contributed by atoms with Gasteiger partial charge < -0.3 is 16.4 Å². The molecule has 0 aliphatic carbocycles. The summed E-state index contributed by atoms with van der Waals surface area (Å²) in [5.74, 6) is -0.644. The van der Waals surface area contributed by atoms with Gasteiger partial charge in [-0.25, -0.2) is 0 Å². The zero-order chi connectivity index (χ0) is 13.6. The highest BCUT2D eigenvalue weighted by atomic mass is 16.2. The summed E-state index contributed by atoms with van der Waals surface area (Å²) in [4.78, 5) is 24.7. The quantitative estimate of drug-likeness (QED) is 0.681. The number of nitrogens with zero attached hydrogens (tertiary/aromatic N) is 1. The molecule has 0 aromatic carbocycles. The predicted octanol–water partition coefficient (Wildman–Crippen LogP) is 0.472. The highest BCUT2D eigenvalue weighted by molar-refractivity contribution is 5.88. The molecule has 0 rings (SSSR count). The highest BCUT2D eigenvalue weighted by Crippen LogP contribution is 2.10. The first kappa shape index (κ1) is 15.9. The van der Waals surface area contributed by atoms with Gasteiger partial charge in [0.05, 0.1) is 6.04 Å². The van der Waals surface area contributed by atoms with Crippen molar-refractivity contribution in [3.8, 4) is 0 Å². The van der Waals surface area contributed by atoms with Crippen LogP contribution in [-0.4, -0.2) is 35.8 Å². The minimum atomic E-state index is -0.580. The molecule has 0 unspecified atom stereocenters. The van der Waals surface area contributed by atoms with Crippen LogP contribution in [0.4, 0.5) is 0 Å². The molecule has 5 heteroatoms. The van der Waals surface area contributed by atoms with Crippen molar-refractivity contribution in [1.29, 1.82) is 0 Å². The van der Waals surface area contributed by atoms with Gasteiger partial charge in [0.15, 0.2) is 0 Å². The van der Waals surface area contributed by atoms with E-state index in [-0.39, 0.29) is 11.8 Å². The van der Waals surface area contributed by atoms with E-state index in [1.54, 1.807) is 7.05 Å². The number of carbonyl (C=O) groups excluding carboxylic acids is 2. The van der Waals surface area contributed by atoms with E-state index in [0.29, 0.717) is 6.42 Å². The van der Waals surface area contributed by atoms with Crippen LogP contribution in [0.1, 0.15) is 40.0 Å². The maximum atomic E-state index is 12.0. The number of carbonyl (C=O) groups is 2. The molecule has 4 N–H and O–H groups in total. The summed E-state index contributed by atoms with van der Waals surface area (Å²) < 4.78 is 0. The zero-order valence-corrected chi connectivity index (χ0v) is 11.3. The molecule has 0 radical (unpaired) electrons. The Bertz CT molecular complexity index is 266. The van der Waals surface area contributed by atoms with Gasteiger partial charge in [0.25, 0.3) is 0 Å². The van der Waals surface area contributed by atoms with Gasteiger partial charge in [0.1, 0.15) is 6.04 Å². The standard InChI is InChI=1S/C12H25N3O2/c1-5-6-7-9(11(14)16)15(4)12(17)10(13)8(2)3/h8-10H,5-7,13H2,1-4H3,(H2,14,16)/t9-,10-/m0/s1. The second-order valence-electron chi connectivity index (χ2n) is 4.78. The number of nitrogens with two attached hydrogens (primary N) is 2. The van der Waals surface area contributed by atoms with E-state index in [0.717, 1.165) is 12.8 Å². The summed E-state index contributed by atoms with van der Waals surface area (Å²) in [7, 11) is 1.59. The molecule has 0 fully saturated rings. The Morgan fingerprint density at radius 2 is 1.82 bits per heavy atom.